The fourth-order valence-electron chi connectivity index (χ4n) is 3.03. The fourth-order valence-corrected chi connectivity index (χ4v) is 3.74. The molecule has 0 saturated heterocycles. The quantitative estimate of drug-likeness (QED) is 0.855. The zero-order chi connectivity index (χ0) is 14.8. The Balaban J connectivity index is 1.87. The van der Waals surface area contributed by atoms with Crippen molar-refractivity contribution in [1.29, 1.82) is 0 Å². The van der Waals surface area contributed by atoms with Crippen molar-refractivity contribution in [1.82, 2.24) is 14.7 Å². The minimum absolute atomic E-state index is 0.281. The molecule has 1 atom stereocenters. The van der Waals surface area contributed by atoms with E-state index in [4.69, 9.17) is 5.73 Å². The van der Waals surface area contributed by atoms with E-state index in [2.05, 4.69) is 40.6 Å². The highest BCUT2D eigenvalue weighted by molar-refractivity contribution is 7.09. The molecular formula is C16H24N4S. The summed E-state index contributed by atoms with van der Waals surface area (Å²) in [4.78, 5) is 4.00. The van der Waals surface area contributed by atoms with Crippen LogP contribution in [0.25, 0.3) is 0 Å². The molecule has 0 bridgehead atoms. The summed E-state index contributed by atoms with van der Waals surface area (Å²) in [6, 6.07) is 5.32. The molecule has 1 aliphatic rings. The Morgan fingerprint density at radius 2 is 2.33 bits per heavy atom. The summed E-state index contributed by atoms with van der Waals surface area (Å²) in [7, 11) is 2.00. The number of aryl methyl sites for hydroxylation is 2. The van der Waals surface area contributed by atoms with Crippen LogP contribution in [0.2, 0.25) is 0 Å². The Hall–Kier alpha value is -1.17. The van der Waals surface area contributed by atoms with Gasteiger partial charge in [-0.3, -0.25) is 9.58 Å². The minimum atomic E-state index is 0.281. The number of nitrogens with zero attached hydrogens (tertiary/aromatic N) is 3. The molecule has 5 heteroatoms. The lowest BCUT2D eigenvalue weighted by molar-refractivity contribution is 0.183. The third kappa shape index (κ3) is 3.20. The molecule has 0 amide bonds. The lowest BCUT2D eigenvalue weighted by Gasteiger charge is -2.30. The van der Waals surface area contributed by atoms with E-state index in [9.17, 15) is 0 Å². The average molecular weight is 304 g/mol. The largest absolute Gasteiger partial charge is 0.329 e. The van der Waals surface area contributed by atoms with E-state index in [1.54, 1.807) is 0 Å². The number of rotatable bonds is 7. The lowest BCUT2D eigenvalue weighted by Crippen LogP contribution is -2.35. The van der Waals surface area contributed by atoms with E-state index in [0.717, 1.165) is 13.0 Å². The van der Waals surface area contributed by atoms with Crippen LogP contribution < -0.4 is 5.73 Å². The third-order valence-corrected chi connectivity index (χ3v) is 5.05. The molecule has 1 fully saturated rings. The molecule has 0 spiro atoms. The van der Waals surface area contributed by atoms with Gasteiger partial charge in [0.2, 0.25) is 0 Å². The van der Waals surface area contributed by atoms with Crippen LogP contribution in [-0.4, -0.2) is 27.3 Å². The molecular weight excluding hydrogens is 280 g/mol. The van der Waals surface area contributed by atoms with E-state index in [1.165, 1.54) is 29.0 Å². The predicted octanol–water partition coefficient (Wildman–Crippen LogP) is 2.71. The molecule has 0 aromatic carbocycles. The summed E-state index contributed by atoms with van der Waals surface area (Å²) in [6.45, 7) is 3.82. The highest BCUT2D eigenvalue weighted by Crippen LogP contribution is 2.36. The molecule has 1 unspecified atom stereocenters. The Bertz CT molecular complexity index is 571. The van der Waals surface area contributed by atoms with Crippen LogP contribution >= 0.6 is 11.3 Å². The molecule has 21 heavy (non-hydrogen) atoms. The summed E-state index contributed by atoms with van der Waals surface area (Å²) >= 11 is 1.83. The topological polar surface area (TPSA) is 47.1 Å². The Kier molecular flexibility index (Phi) is 4.42. The van der Waals surface area contributed by atoms with Crippen molar-refractivity contribution in [2.45, 2.75) is 44.8 Å². The average Bonchev–Trinajstić information content (AvgIpc) is 3.07. The van der Waals surface area contributed by atoms with Crippen LogP contribution in [0.1, 0.15) is 41.9 Å². The van der Waals surface area contributed by atoms with Gasteiger partial charge in [-0.05, 0) is 30.7 Å². The van der Waals surface area contributed by atoms with Gasteiger partial charge in [-0.15, -0.1) is 11.3 Å². The molecule has 114 valence electrons. The summed E-state index contributed by atoms with van der Waals surface area (Å²) < 4.78 is 1.92. The van der Waals surface area contributed by atoms with E-state index < -0.39 is 0 Å². The zero-order valence-electron chi connectivity index (χ0n) is 12.8. The Labute approximate surface area is 130 Å². The van der Waals surface area contributed by atoms with E-state index in [-0.39, 0.29) is 6.04 Å². The van der Waals surface area contributed by atoms with Crippen LogP contribution in [0.4, 0.5) is 0 Å². The Morgan fingerprint density at radius 3 is 2.90 bits per heavy atom. The van der Waals surface area contributed by atoms with Gasteiger partial charge in [-0.25, -0.2) is 0 Å². The van der Waals surface area contributed by atoms with Gasteiger partial charge >= 0.3 is 0 Å². The monoisotopic (exact) mass is 304 g/mol. The van der Waals surface area contributed by atoms with Gasteiger partial charge < -0.3 is 5.73 Å². The van der Waals surface area contributed by atoms with Gasteiger partial charge in [0.25, 0.3) is 0 Å². The predicted molar refractivity (Wildman–Crippen MR) is 87.3 cm³/mol. The van der Waals surface area contributed by atoms with Crippen molar-refractivity contribution in [3.05, 3.63) is 39.8 Å². The standard InChI is InChI=1S/C16H24N4S/c1-3-15-14(11-19(2)18-15)16(9-17)20(12-6-7-12)10-13-5-4-8-21-13/h4-5,8,11-12,16H,3,6-7,9-10,17H2,1-2H3. The van der Waals surface area contributed by atoms with Crippen molar-refractivity contribution in [3.8, 4) is 0 Å². The van der Waals surface area contributed by atoms with Crippen molar-refractivity contribution in [2.24, 2.45) is 12.8 Å². The second kappa shape index (κ2) is 6.30. The molecule has 1 saturated carbocycles. The highest BCUT2D eigenvalue weighted by atomic mass is 32.1. The molecule has 0 radical (unpaired) electrons. The Morgan fingerprint density at radius 1 is 1.52 bits per heavy atom. The molecule has 2 N–H and O–H groups in total. The minimum Gasteiger partial charge on any atom is -0.329 e. The number of hydrogen-bond donors (Lipinski definition) is 1. The number of nitrogens with two attached hydrogens (primary N) is 1. The fraction of sp³-hybridized carbons (Fsp3) is 0.562. The maximum atomic E-state index is 6.16. The molecule has 1 aliphatic carbocycles. The highest BCUT2D eigenvalue weighted by Gasteiger charge is 2.35. The van der Waals surface area contributed by atoms with E-state index >= 15 is 0 Å². The van der Waals surface area contributed by atoms with Crippen molar-refractivity contribution in [2.75, 3.05) is 6.54 Å². The lowest BCUT2D eigenvalue weighted by atomic mass is 10.0. The number of aromatic nitrogens is 2. The summed E-state index contributed by atoms with van der Waals surface area (Å²) in [5.41, 5.74) is 8.65. The first-order valence-electron chi connectivity index (χ1n) is 7.73. The molecule has 2 aromatic rings. The molecule has 2 aromatic heterocycles. The SMILES string of the molecule is CCc1nn(C)cc1C(CN)N(Cc1cccs1)C1CC1. The van der Waals surface area contributed by atoms with Gasteiger partial charge in [-0.1, -0.05) is 13.0 Å². The molecule has 0 aliphatic heterocycles. The van der Waals surface area contributed by atoms with Crippen LogP contribution in [0, 0.1) is 0 Å². The first-order chi connectivity index (χ1) is 10.2. The third-order valence-electron chi connectivity index (χ3n) is 4.19. The molecule has 4 nitrogen and oxygen atoms in total. The maximum absolute atomic E-state index is 6.16. The van der Waals surface area contributed by atoms with Crippen LogP contribution in [0.5, 0.6) is 0 Å². The van der Waals surface area contributed by atoms with Gasteiger partial charge in [0.15, 0.2) is 0 Å². The molecule has 3 rings (SSSR count). The smallest absolute Gasteiger partial charge is 0.0670 e. The van der Waals surface area contributed by atoms with Crippen LogP contribution in [0.15, 0.2) is 23.7 Å². The second-order valence-corrected chi connectivity index (χ2v) is 6.82. The van der Waals surface area contributed by atoms with Crippen molar-refractivity contribution < 1.29 is 0 Å². The van der Waals surface area contributed by atoms with Crippen LogP contribution in [0.3, 0.4) is 0 Å². The number of hydrogen-bond acceptors (Lipinski definition) is 4. The van der Waals surface area contributed by atoms with Crippen molar-refractivity contribution in [3.63, 3.8) is 0 Å². The van der Waals surface area contributed by atoms with Crippen molar-refractivity contribution >= 4 is 11.3 Å². The first kappa shape index (κ1) is 14.8. The van der Waals surface area contributed by atoms with Gasteiger partial charge in [0.1, 0.15) is 0 Å². The van der Waals surface area contributed by atoms with E-state index in [0.29, 0.717) is 12.6 Å². The summed E-state index contributed by atoms with van der Waals surface area (Å²) in [5, 5.41) is 6.75. The summed E-state index contributed by atoms with van der Waals surface area (Å²) in [6.07, 6.45) is 5.71. The first-order valence-corrected chi connectivity index (χ1v) is 8.61. The van der Waals surface area contributed by atoms with Crippen LogP contribution in [-0.2, 0) is 20.0 Å². The zero-order valence-corrected chi connectivity index (χ0v) is 13.6. The normalized spacial score (nSPS) is 16.6. The second-order valence-electron chi connectivity index (χ2n) is 5.79. The molecule has 2 heterocycles. The van der Waals surface area contributed by atoms with Gasteiger partial charge in [0.05, 0.1) is 11.7 Å². The number of thiophene rings is 1. The van der Waals surface area contributed by atoms with Gasteiger partial charge in [-0.2, -0.15) is 5.10 Å². The summed E-state index contributed by atoms with van der Waals surface area (Å²) in [5.74, 6) is 0. The maximum Gasteiger partial charge on any atom is 0.0670 e. The van der Waals surface area contributed by atoms with Gasteiger partial charge in [0, 0.05) is 42.8 Å². The van der Waals surface area contributed by atoms with E-state index in [1.807, 2.05) is 23.1 Å².